The molecule has 0 aliphatic carbocycles. The number of anilines is 1. The van der Waals surface area contributed by atoms with Crippen molar-refractivity contribution in [2.24, 2.45) is 5.10 Å². The van der Waals surface area contributed by atoms with Gasteiger partial charge in [-0.2, -0.15) is 5.10 Å². The topological polar surface area (TPSA) is 50.7 Å². The van der Waals surface area contributed by atoms with Crippen LogP contribution in [0.5, 0.6) is 5.75 Å². The van der Waals surface area contributed by atoms with E-state index in [2.05, 4.69) is 26.5 Å². The molecule has 4 nitrogen and oxygen atoms in total. The summed E-state index contributed by atoms with van der Waals surface area (Å²) in [7, 11) is 1.61. The minimum Gasteiger partial charge on any atom is -0.497 e. The van der Waals surface area contributed by atoms with E-state index in [0.717, 1.165) is 11.4 Å². The first-order chi connectivity index (χ1) is 9.70. The van der Waals surface area contributed by atoms with Crippen LogP contribution >= 0.6 is 15.9 Å². The summed E-state index contributed by atoms with van der Waals surface area (Å²) in [5.41, 5.74) is 4.16. The second-order valence-corrected chi connectivity index (χ2v) is 4.69. The maximum Gasteiger partial charge on any atom is 0.220 e. The Morgan fingerprint density at radius 2 is 1.75 bits per heavy atom. The van der Waals surface area contributed by atoms with Gasteiger partial charge in [-0.15, -0.1) is 0 Å². The molecule has 5 heteroatoms. The number of hydrogen-bond donors (Lipinski definition) is 1. The summed E-state index contributed by atoms with van der Waals surface area (Å²) in [5, 5.41) is 4.02. The number of rotatable bonds is 5. The third kappa shape index (κ3) is 3.68. The second kappa shape index (κ2) is 6.86. The minimum absolute atomic E-state index is 0.174. The number of halogens is 1. The first-order valence-corrected chi connectivity index (χ1v) is 6.73. The van der Waals surface area contributed by atoms with Crippen molar-refractivity contribution in [1.82, 2.24) is 0 Å². The molecule has 0 saturated carbocycles. The smallest absolute Gasteiger partial charge is 0.220 e. The summed E-state index contributed by atoms with van der Waals surface area (Å²) in [6.07, 6.45) is 0. The highest BCUT2D eigenvalue weighted by Gasteiger charge is 2.10. The van der Waals surface area contributed by atoms with E-state index in [1.165, 1.54) is 0 Å². The number of ether oxygens (including phenoxy) is 1. The van der Waals surface area contributed by atoms with Crippen molar-refractivity contribution in [1.29, 1.82) is 0 Å². The number of nitrogens with one attached hydrogen (secondary N) is 1. The van der Waals surface area contributed by atoms with Gasteiger partial charge in [0.25, 0.3) is 0 Å². The summed E-state index contributed by atoms with van der Waals surface area (Å²) >= 11 is 3.18. The zero-order valence-electron chi connectivity index (χ0n) is 10.8. The van der Waals surface area contributed by atoms with Gasteiger partial charge in [-0.3, -0.25) is 10.2 Å². The van der Waals surface area contributed by atoms with E-state index in [1.807, 2.05) is 42.5 Å². The first kappa shape index (κ1) is 14.3. The molecule has 2 aromatic carbocycles. The Morgan fingerprint density at radius 1 is 1.10 bits per heavy atom. The van der Waals surface area contributed by atoms with Gasteiger partial charge in [0.15, 0.2) is 4.62 Å². The van der Waals surface area contributed by atoms with Crippen molar-refractivity contribution in [2.45, 2.75) is 0 Å². The molecule has 0 aliphatic rings. The number of Topliss-reactive ketones (excluding diaryl/α,β-unsaturated/α-hetero) is 1. The molecule has 0 radical (unpaired) electrons. The molecule has 0 aliphatic heterocycles. The lowest BCUT2D eigenvalue weighted by molar-refractivity contribution is 0.106. The molecule has 102 valence electrons. The van der Waals surface area contributed by atoms with Crippen LogP contribution in [0.1, 0.15) is 10.4 Å². The Kier molecular flexibility index (Phi) is 4.90. The fourth-order valence-corrected chi connectivity index (χ4v) is 1.86. The van der Waals surface area contributed by atoms with Gasteiger partial charge < -0.3 is 4.74 Å². The maximum atomic E-state index is 12.0. The molecular weight excluding hydrogens is 320 g/mol. The van der Waals surface area contributed by atoms with E-state index >= 15 is 0 Å². The molecular formula is C15H13BrN2O2. The van der Waals surface area contributed by atoms with Crippen LogP contribution in [0, 0.1) is 0 Å². The number of benzene rings is 2. The third-order valence-electron chi connectivity index (χ3n) is 2.60. The van der Waals surface area contributed by atoms with E-state index in [1.54, 1.807) is 19.2 Å². The van der Waals surface area contributed by atoms with Gasteiger partial charge in [-0.1, -0.05) is 30.3 Å². The molecule has 0 heterocycles. The van der Waals surface area contributed by atoms with Gasteiger partial charge >= 0.3 is 0 Å². The van der Waals surface area contributed by atoms with Crippen LogP contribution in [0.25, 0.3) is 0 Å². The fraction of sp³-hybridized carbons (Fsp3) is 0.0667. The van der Waals surface area contributed by atoms with Gasteiger partial charge in [0.2, 0.25) is 5.78 Å². The highest BCUT2D eigenvalue weighted by molar-refractivity contribution is 9.19. The van der Waals surface area contributed by atoms with Crippen LogP contribution in [-0.4, -0.2) is 17.5 Å². The van der Waals surface area contributed by atoms with Crippen molar-refractivity contribution < 1.29 is 9.53 Å². The summed E-state index contributed by atoms with van der Waals surface area (Å²) in [5.74, 6) is 0.588. The summed E-state index contributed by atoms with van der Waals surface area (Å²) in [6, 6.07) is 16.2. The zero-order valence-corrected chi connectivity index (χ0v) is 12.4. The van der Waals surface area contributed by atoms with Crippen molar-refractivity contribution >= 4 is 32.0 Å². The SMILES string of the molecule is COc1ccc(N/N=C(\Br)C(=O)c2ccccc2)cc1. The largest absolute Gasteiger partial charge is 0.497 e. The van der Waals surface area contributed by atoms with Crippen molar-refractivity contribution in [3.05, 3.63) is 60.2 Å². The quantitative estimate of drug-likeness (QED) is 0.516. The van der Waals surface area contributed by atoms with Gasteiger partial charge in [-0.05, 0) is 40.2 Å². The van der Waals surface area contributed by atoms with Crippen molar-refractivity contribution in [2.75, 3.05) is 12.5 Å². The molecule has 0 unspecified atom stereocenters. The van der Waals surface area contributed by atoms with E-state index < -0.39 is 0 Å². The molecule has 0 bridgehead atoms. The average Bonchev–Trinajstić information content (AvgIpc) is 2.53. The number of ketones is 1. The summed E-state index contributed by atoms with van der Waals surface area (Å²) in [4.78, 5) is 12.0. The van der Waals surface area contributed by atoms with E-state index in [4.69, 9.17) is 4.74 Å². The number of nitrogens with zero attached hydrogens (tertiary/aromatic N) is 1. The Hall–Kier alpha value is -2.14. The lowest BCUT2D eigenvalue weighted by Crippen LogP contribution is -2.09. The third-order valence-corrected chi connectivity index (χ3v) is 3.13. The fourth-order valence-electron chi connectivity index (χ4n) is 1.54. The Balaban J connectivity index is 2.05. The van der Waals surface area contributed by atoms with Gasteiger partial charge in [0, 0.05) is 5.56 Å². The Bertz CT molecular complexity index is 610. The van der Waals surface area contributed by atoms with Crippen LogP contribution in [0.15, 0.2) is 59.7 Å². The Morgan fingerprint density at radius 3 is 2.35 bits per heavy atom. The van der Waals surface area contributed by atoms with Gasteiger partial charge in [-0.25, -0.2) is 0 Å². The number of carbonyl (C=O) groups is 1. The molecule has 2 aromatic rings. The highest BCUT2D eigenvalue weighted by Crippen LogP contribution is 2.15. The van der Waals surface area contributed by atoms with E-state index in [0.29, 0.717) is 5.56 Å². The van der Waals surface area contributed by atoms with Crippen LogP contribution < -0.4 is 10.2 Å². The van der Waals surface area contributed by atoms with Crippen LogP contribution in [-0.2, 0) is 0 Å². The number of hydrazone groups is 1. The van der Waals surface area contributed by atoms with Crippen molar-refractivity contribution in [3.8, 4) is 5.75 Å². The van der Waals surface area contributed by atoms with Crippen molar-refractivity contribution in [3.63, 3.8) is 0 Å². The summed E-state index contributed by atoms with van der Waals surface area (Å²) in [6.45, 7) is 0. The van der Waals surface area contributed by atoms with Crippen LogP contribution in [0.3, 0.4) is 0 Å². The predicted octanol–water partition coefficient (Wildman–Crippen LogP) is 3.70. The minimum atomic E-state index is -0.174. The number of carbonyl (C=O) groups excluding carboxylic acids is 1. The molecule has 0 amide bonds. The molecule has 0 aromatic heterocycles. The van der Waals surface area contributed by atoms with Gasteiger partial charge in [0.05, 0.1) is 12.8 Å². The predicted molar refractivity (Wildman–Crippen MR) is 83.8 cm³/mol. The Labute approximate surface area is 125 Å². The number of methoxy groups -OCH3 is 1. The first-order valence-electron chi connectivity index (χ1n) is 5.93. The average molecular weight is 333 g/mol. The molecule has 0 atom stereocenters. The lowest BCUT2D eigenvalue weighted by atomic mass is 10.1. The molecule has 20 heavy (non-hydrogen) atoms. The standard InChI is InChI=1S/C15H13BrN2O2/c1-20-13-9-7-12(8-10-13)17-18-15(16)14(19)11-5-3-2-4-6-11/h2-10,17H,1H3/b18-15-. The highest BCUT2D eigenvalue weighted by atomic mass is 79.9. The van der Waals surface area contributed by atoms with Crippen LogP contribution in [0.4, 0.5) is 5.69 Å². The lowest BCUT2D eigenvalue weighted by Gasteiger charge is -2.03. The van der Waals surface area contributed by atoms with Gasteiger partial charge in [0.1, 0.15) is 5.75 Å². The van der Waals surface area contributed by atoms with E-state index in [9.17, 15) is 4.79 Å². The normalized spacial score (nSPS) is 11.0. The number of hydrogen-bond acceptors (Lipinski definition) is 4. The monoisotopic (exact) mass is 332 g/mol. The molecule has 1 N–H and O–H groups in total. The molecule has 2 rings (SSSR count). The molecule has 0 spiro atoms. The summed E-state index contributed by atoms with van der Waals surface area (Å²) < 4.78 is 5.29. The second-order valence-electron chi connectivity index (χ2n) is 3.94. The maximum absolute atomic E-state index is 12.0. The zero-order chi connectivity index (χ0) is 14.4. The molecule has 0 fully saturated rings. The molecule has 0 saturated heterocycles. The van der Waals surface area contributed by atoms with Crippen LogP contribution in [0.2, 0.25) is 0 Å². The van der Waals surface area contributed by atoms with E-state index in [-0.39, 0.29) is 10.4 Å².